The average Bonchev–Trinajstić information content (AvgIpc) is 3.15. The van der Waals surface area contributed by atoms with Crippen molar-refractivity contribution in [2.24, 2.45) is 0 Å². The number of nitrogens with zero attached hydrogens (tertiary/aromatic N) is 2. The van der Waals surface area contributed by atoms with E-state index in [1.165, 1.54) is 15.7 Å². The maximum atomic E-state index is 13.0. The topological polar surface area (TPSA) is 70.4 Å². The van der Waals surface area contributed by atoms with Crippen molar-refractivity contribution in [2.45, 2.75) is 13.2 Å². The van der Waals surface area contributed by atoms with E-state index in [0.29, 0.717) is 22.6 Å². The zero-order valence-electron chi connectivity index (χ0n) is 19.3. The number of thioether (sulfide) groups is 1. The summed E-state index contributed by atoms with van der Waals surface area (Å²) >= 11 is 5.39. The molecular weight excluding hydrogens is 710 g/mol. The summed E-state index contributed by atoms with van der Waals surface area (Å²) in [5.41, 5.74) is 3.02. The molecule has 4 aromatic carbocycles. The van der Waals surface area contributed by atoms with Gasteiger partial charge >= 0.3 is 0 Å². The monoisotopic (exact) mass is 728 g/mol. The molecule has 2 amide bonds. The molecule has 0 atom stereocenters. The van der Waals surface area contributed by atoms with E-state index in [4.69, 9.17) is 4.74 Å². The van der Waals surface area contributed by atoms with Gasteiger partial charge in [-0.1, -0.05) is 60.7 Å². The smallest absolute Gasteiger partial charge is 0.293 e. The van der Waals surface area contributed by atoms with Crippen molar-refractivity contribution in [1.29, 1.82) is 5.26 Å². The fourth-order valence-electron chi connectivity index (χ4n) is 4.09. The first-order chi connectivity index (χ1) is 17.9. The number of carbonyl (C=O) groups excluding carboxylic acids is 2. The number of nitriles is 1. The summed E-state index contributed by atoms with van der Waals surface area (Å²) in [5, 5.41) is 11.3. The van der Waals surface area contributed by atoms with Gasteiger partial charge in [0.05, 0.1) is 30.2 Å². The average molecular weight is 728 g/mol. The molecule has 0 unspecified atom stereocenters. The van der Waals surface area contributed by atoms with Crippen molar-refractivity contribution in [3.63, 3.8) is 0 Å². The first kappa shape index (κ1) is 25.8. The number of hydrogen-bond acceptors (Lipinski definition) is 5. The van der Waals surface area contributed by atoms with Crippen molar-refractivity contribution >= 4 is 84.9 Å². The molecule has 8 heteroatoms. The molecule has 0 N–H and O–H groups in total. The molecule has 0 aliphatic carbocycles. The van der Waals surface area contributed by atoms with Crippen molar-refractivity contribution in [3.8, 4) is 11.8 Å². The van der Waals surface area contributed by atoms with E-state index >= 15 is 0 Å². The number of imide groups is 1. The summed E-state index contributed by atoms with van der Waals surface area (Å²) in [7, 11) is 0. The minimum Gasteiger partial charge on any atom is -0.487 e. The van der Waals surface area contributed by atoms with Gasteiger partial charge in [0.25, 0.3) is 11.1 Å². The van der Waals surface area contributed by atoms with Gasteiger partial charge in [0, 0.05) is 0 Å². The van der Waals surface area contributed by atoms with Gasteiger partial charge in [0.15, 0.2) is 0 Å². The molecule has 37 heavy (non-hydrogen) atoms. The van der Waals surface area contributed by atoms with Gasteiger partial charge in [-0.2, -0.15) is 5.26 Å². The predicted molar refractivity (Wildman–Crippen MR) is 163 cm³/mol. The zero-order valence-corrected chi connectivity index (χ0v) is 24.4. The van der Waals surface area contributed by atoms with Crippen LogP contribution in [-0.2, 0) is 17.9 Å². The summed E-state index contributed by atoms with van der Waals surface area (Å²) in [5.74, 6) is 0.427. The molecule has 5 nitrogen and oxygen atoms in total. The number of halogens is 2. The third-order valence-electron chi connectivity index (χ3n) is 5.91. The molecule has 0 radical (unpaired) electrons. The molecule has 1 aliphatic rings. The molecule has 0 aromatic heterocycles. The van der Waals surface area contributed by atoms with Crippen LogP contribution in [0, 0.1) is 18.5 Å². The fourth-order valence-corrected chi connectivity index (χ4v) is 7.06. The van der Waals surface area contributed by atoms with E-state index in [9.17, 15) is 14.9 Å². The molecule has 0 saturated carbocycles. The minimum atomic E-state index is -0.357. The molecule has 1 saturated heterocycles. The number of fused-ring (bicyclic) bond motifs is 1. The summed E-state index contributed by atoms with van der Waals surface area (Å²) in [4.78, 5) is 27.2. The number of amides is 2. The van der Waals surface area contributed by atoms with Crippen LogP contribution in [0.2, 0.25) is 0 Å². The van der Waals surface area contributed by atoms with Crippen LogP contribution in [-0.4, -0.2) is 16.0 Å². The Hall–Kier alpha value is -2.88. The lowest BCUT2D eigenvalue weighted by Gasteiger charge is -2.14. The van der Waals surface area contributed by atoms with Crippen molar-refractivity contribution in [3.05, 3.63) is 113 Å². The molecule has 182 valence electrons. The van der Waals surface area contributed by atoms with Crippen LogP contribution >= 0.6 is 56.9 Å². The van der Waals surface area contributed by atoms with Crippen LogP contribution in [0.25, 0.3) is 16.8 Å². The predicted octanol–water partition coefficient (Wildman–Crippen LogP) is 7.74. The molecule has 5 rings (SSSR count). The quantitative estimate of drug-likeness (QED) is 0.150. The Morgan fingerprint density at radius 3 is 2.38 bits per heavy atom. The Balaban J connectivity index is 1.34. The highest BCUT2D eigenvalue weighted by Crippen LogP contribution is 2.36. The lowest BCUT2D eigenvalue weighted by molar-refractivity contribution is -0.123. The number of benzene rings is 4. The van der Waals surface area contributed by atoms with Crippen LogP contribution in [0.4, 0.5) is 4.79 Å². The second kappa shape index (κ2) is 11.2. The Morgan fingerprint density at radius 2 is 1.59 bits per heavy atom. The third kappa shape index (κ3) is 5.54. The normalized spacial score (nSPS) is 14.4. The maximum Gasteiger partial charge on any atom is 0.293 e. The van der Waals surface area contributed by atoms with Gasteiger partial charge in [-0.05, 0) is 109 Å². The largest absolute Gasteiger partial charge is 0.487 e. The lowest BCUT2D eigenvalue weighted by atomic mass is 10.1. The second-order valence-electron chi connectivity index (χ2n) is 8.28. The van der Waals surface area contributed by atoms with E-state index in [-0.39, 0.29) is 17.7 Å². The highest BCUT2D eigenvalue weighted by atomic mass is 127. The summed E-state index contributed by atoms with van der Waals surface area (Å²) in [6.07, 6.45) is 1.74. The van der Waals surface area contributed by atoms with Gasteiger partial charge in [0.2, 0.25) is 0 Å². The van der Waals surface area contributed by atoms with Crippen molar-refractivity contribution in [2.75, 3.05) is 0 Å². The Labute approximate surface area is 245 Å². The van der Waals surface area contributed by atoms with Gasteiger partial charge in [-0.25, -0.2) is 0 Å². The van der Waals surface area contributed by atoms with Crippen LogP contribution < -0.4 is 4.74 Å². The zero-order chi connectivity index (χ0) is 25.9. The Morgan fingerprint density at radius 1 is 0.919 bits per heavy atom. The molecule has 1 fully saturated rings. The van der Waals surface area contributed by atoms with Crippen molar-refractivity contribution in [1.82, 2.24) is 4.90 Å². The Bertz CT molecular complexity index is 1600. The molecule has 0 bridgehead atoms. The molecule has 4 aromatic rings. The number of carbonyl (C=O) groups is 2. The SMILES string of the molecule is N#Cc1ccccc1CN1C(=O)S/C(=C/c2cc(I)c(OCc3cccc4ccccc34)c(I)c2)C1=O. The molecular formula is C29H18I2N2O3S. The van der Waals surface area contributed by atoms with E-state index in [1.54, 1.807) is 30.3 Å². The molecule has 0 spiro atoms. The first-order valence-electron chi connectivity index (χ1n) is 11.3. The maximum absolute atomic E-state index is 13.0. The standard InChI is InChI=1S/C29H18I2N2O3S/c30-24-12-18(13-25(31)27(24)36-17-22-10-5-9-19-6-3-4-11-23(19)22)14-26-28(34)33(29(35)37-26)16-21-8-2-1-7-20(21)15-32/h1-14H,16-17H2/b26-14+. The minimum absolute atomic E-state index is 0.0712. The summed E-state index contributed by atoms with van der Waals surface area (Å²) < 4.78 is 8.06. The van der Waals surface area contributed by atoms with Gasteiger partial charge in [-0.15, -0.1) is 0 Å². The van der Waals surface area contributed by atoms with Crippen molar-refractivity contribution < 1.29 is 14.3 Å². The third-order valence-corrected chi connectivity index (χ3v) is 8.42. The Kier molecular flexibility index (Phi) is 7.83. The molecule has 1 aliphatic heterocycles. The molecule has 1 heterocycles. The summed E-state index contributed by atoms with van der Waals surface area (Å²) in [6, 6.07) is 27.4. The number of ether oxygens (including phenoxy) is 1. The highest BCUT2D eigenvalue weighted by molar-refractivity contribution is 14.1. The first-order valence-corrected chi connectivity index (χ1v) is 14.2. The van der Waals surface area contributed by atoms with Crippen LogP contribution in [0.1, 0.15) is 22.3 Å². The fraction of sp³-hybridized carbons (Fsp3) is 0.0690. The lowest BCUT2D eigenvalue weighted by Crippen LogP contribution is -2.27. The highest BCUT2D eigenvalue weighted by Gasteiger charge is 2.35. The number of hydrogen-bond donors (Lipinski definition) is 0. The van der Waals surface area contributed by atoms with E-state index in [0.717, 1.165) is 35.8 Å². The van der Waals surface area contributed by atoms with Crippen LogP contribution in [0.3, 0.4) is 0 Å². The van der Waals surface area contributed by atoms with Crippen LogP contribution in [0.5, 0.6) is 5.75 Å². The number of rotatable bonds is 6. The van der Waals surface area contributed by atoms with Gasteiger partial charge in [-0.3, -0.25) is 14.5 Å². The van der Waals surface area contributed by atoms with E-state index in [1.807, 2.05) is 30.3 Å². The van der Waals surface area contributed by atoms with E-state index < -0.39 is 0 Å². The van der Waals surface area contributed by atoms with Gasteiger partial charge in [0.1, 0.15) is 12.4 Å². The summed E-state index contributed by atoms with van der Waals surface area (Å²) in [6.45, 7) is 0.511. The van der Waals surface area contributed by atoms with Crippen LogP contribution in [0.15, 0.2) is 83.8 Å². The van der Waals surface area contributed by atoms with E-state index in [2.05, 4.69) is 75.5 Å². The second-order valence-corrected chi connectivity index (χ2v) is 11.6. The van der Waals surface area contributed by atoms with Gasteiger partial charge < -0.3 is 4.74 Å².